The van der Waals surface area contributed by atoms with Crippen molar-refractivity contribution in [2.24, 2.45) is 0 Å². The van der Waals surface area contributed by atoms with Crippen LogP contribution >= 0.6 is 0 Å². The van der Waals surface area contributed by atoms with Gasteiger partial charge < -0.3 is 4.90 Å². The number of likely N-dealkylation sites (N-methyl/N-ethyl adjacent to an activating group) is 1. The highest BCUT2D eigenvalue weighted by Crippen LogP contribution is 2.11. The Morgan fingerprint density at radius 3 is 2.74 bits per heavy atom. The molecule has 0 radical (unpaired) electrons. The molecule has 0 unspecified atom stereocenters. The van der Waals surface area contributed by atoms with Crippen molar-refractivity contribution in [3.05, 3.63) is 40.4 Å². The molecule has 19 heavy (non-hydrogen) atoms. The molecule has 0 fully saturated rings. The summed E-state index contributed by atoms with van der Waals surface area (Å²) in [6.07, 6.45) is 2.67. The van der Waals surface area contributed by atoms with E-state index in [1.165, 1.54) is 0 Å². The zero-order chi connectivity index (χ0) is 14.0. The van der Waals surface area contributed by atoms with Gasteiger partial charge in [-0.25, -0.2) is 4.98 Å². The van der Waals surface area contributed by atoms with Gasteiger partial charge in [-0.2, -0.15) is 0 Å². The third-order valence-corrected chi connectivity index (χ3v) is 3.67. The number of aromatic nitrogens is 2. The van der Waals surface area contributed by atoms with E-state index in [1.807, 2.05) is 39.2 Å². The predicted molar refractivity (Wildman–Crippen MR) is 78.5 cm³/mol. The number of rotatable bonds is 4. The second-order valence-corrected chi connectivity index (χ2v) is 5.20. The smallest absolute Gasteiger partial charge is 0.261 e. The van der Waals surface area contributed by atoms with E-state index in [0.29, 0.717) is 12.6 Å². The van der Waals surface area contributed by atoms with E-state index < -0.39 is 0 Å². The molecule has 102 valence electrons. The maximum Gasteiger partial charge on any atom is 0.261 e. The SMILES string of the molecule is CC[C@@H](Cn1cnc2cccc(C)c2c1=O)N(C)C. The molecule has 0 saturated heterocycles. The molecule has 1 aromatic heterocycles. The number of nitrogens with zero attached hydrogens (tertiary/aromatic N) is 3. The van der Waals surface area contributed by atoms with Crippen LogP contribution in [0, 0.1) is 6.92 Å². The van der Waals surface area contributed by atoms with Crippen LogP contribution < -0.4 is 5.56 Å². The molecular weight excluding hydrogens is 238 g/mol. The van der Waals surface area contributed by atoms with Gasteiger partial charge in [-0.05, 0) is 39.1 Å². The van der Waals surface area contributed by atoms with E-state index in [0.717, 1.165) is 22.9 Å². The van der Waals surface area contributed by atoms with E-state index in [1.54, 1.807) is 10.9 Å². The van der Waals surface area contributed by atoms with Gasteiger partial charge in [0.1, 0.15) is 0 Å². The van der Waals surface area contributed by atoms with Gasteiger partial charge in [0.25, 0.3) is 5.56 Å². The number of hydrogen-bond donors (Lipinski definition) is 0. The van der Waals surface area contributed by atoms with Crippen molar-refractivity contribution in [2.75, 3.05) is 14.1 Å². The lowest BCUT2D eigenvalue weighted by Gasteiger charge is -2.23. The molecule has 0 aliphatic rings. The number of aryl methyl sites for hydroxylation is 1. The van der Waals surface area contributed by atoms with Gasteiger partial charge in [0.2, 0.25) is 0 Å². The first-order valence-electron chi connectivity index (χ1n) is 6.65. The second kappa shape index (κ2) is 5.53. The van der Waals surface area contributed by atoms with Crippen LogP contribution in [0.15, 0.2) is 29.3 Å². The molecule has 4 heteroatoms. The standard InChI is InChI=1S/C15H21N3O/c1-5-12(17(3)4)9-18-10-16-13-8-6-7-11(2)14(13)15(18)19/h6-8,10,12H,5,9H2,1-4H3/t12-/m0/s1. The van der Waals surface area contributed by atoms with E-state index >= 15 is 0 Å². The maximum absolute atomic E-state index is 12.5. The Morgan fingerprint density at radius 1 is 1.37 bits per heavy atom. The van der Waals surface area contributed by atoms with Crippen LogP contribution in [0.2, 0.25) is 0 Å². The van der Waals surface area contributed by atoms with Crippen LogP contribution in [0.1, 0.15) is 18.9 Å². The number of hydrogen-bond acceptors (Lipinski definition) is 3. The molecule has 2 rings (SSSR count). The van der Waals surface area contributed by atoms with E-state index in [9.17, 15) is 4.79 Å². The second-order valence-electron chi connectivity index (χ2n) is 5.20. The molecule has 2 aromatic rings. The van der Waals surface area contributed by atoms with Crippen LogP contribution in [-0.4, -0.2) is 34.6 Å². The molecule has 4 nitrogen and oxygen atoms in total. The monoisotopic (exact) mass is 259 g/mol. The molecule has 1 atom stereocenters. The van der Waals surface area contributed by atoms with Crippen molar-refractivity contribution >= 4 is 10.9 Å². The largest absolute Gasteiger partial charge is 0.305 e. The summed E-state index contributed by atoms with van der Waals surface area (Å²) >= 11 is 0. The lowest BCUT2D eigenvalue weighted by molar-refractivity contribution is 0.255. The van der Waals surface area contributed by atoms with Crippen molar-refractivity contribution in [3.63, 3.8) is 0 Å². The summed E-state index contributed by atoms with van der Waals surface area (Å²) < 4.78 is 1.73. The Morgan fingerprint density at radius 2 is 2.11 bits per heavy atom. The van der Waals surface area contributed by atoms with Gasteiger partial charge in [0.05, 0.1) is 17.2 Å². The molecule has 0 N–H and O–H groups in total. The fraction of sp³-hybridized carbons (Fsp3) is 0.467. The molecule has 0 bridgehead atoms. The first-order valence-corrected chi connectivity index (χ1v) is 6.65. The summed E-state index contributed by atoms with van der Waals surface area (Å²) in [5, 5.41) is 0.735. The fourth-order valence-corrected chi connectivity index (χ4v) is 2.38. The third kappa shape index (κ3) is 2.68. The summed E-state index contributed by atoms with van der Waals surface area (Å²) in [6, 6.07) is 6.13. The summed E-state index contributed by atoms with van der Waals surface area (Å²) in [7, 11) is 4.08. The minimum atomic E-state index is 0.0587. The summed E-state index contributed by atoms with van der Waals surface area (Å²) in [5.41, 5.74) is 1.82. The molecule has 0 spiro atoms. The Kier molecular flexibility index (Phi) is 4.00. The van der Waals surface area contributed by atoms with E-state index in [-0.39, 0.29) is 5.56 Å². The van der Waals surface area contributed by atoms with Gasteiger partial charge in [-0.1, -0.05) is 19.1 Å². The van der Waals surface area contributed by atoms with Crippen LogP contribution in [0.25, 0.3) is 10.9 Å². The van der Waals surface area contributed by atoms with Crippen molar-refractivity contribution in [3.8, 4) is 0 Å². The van der Waals surface area contributed by atoms with Gasteiger partial charge in [0.15, 0.2) is 0 Å². The normalized spacial score (nSPS) is 13.1. The fourth-order valence-electron chi connectivity index (χ4n) is 2.38. The summed E-state index contributed by atoms with van der Waals surface area (Å²) in [6.45, 7) is 4.77. The van der Waals surface area contributed by atoms with Gasteiger partial charge in [-0.3, -0.25) is 9.36 Å². The molecule has 1 aromatic carbocycles. The average Bonchev–Trinajstić information content (AvgIpc) is 2.37. The molecule has 0 amide bonds. The first kappa shape index (κ1) is 13.7. The van der Waals surface area contributed by atoms with E-state index in [2.05, 4.69) is 16.8 Å². The molecular formula is C15H21N3O. The van der Waals surface area contributed by atoms with Crippen LogP contribution in [0.3, 0.4) is 0 Å². The highest BCUT2D eigenvalue weighted by atomic mass is 16.1. The van der Waals surface area contributed by atoms with Gasteiger partial charge in [-0.15, -0.1) is 0 Å². The van der Waals surface area contributed by atoms with Crippen molar-refractivity contribution in [1.29, 1.82) is 0 Å². The quantitative estimate of drug-likeness (QED) is 0.843. The topological polar surface area (TPSA) is 38.1 Å². The average molecular weight is 259 g/mol. The molecule has 0 saturated carbocycles. The highest BCUT2D eigenvalue weighted by molar-refractivity contribution is 5.80. The first-order chi connectivity index (χ1) is 9.04. The van der Waals surface area contributed by atoms with Crippen molar-refractivity contribution in [2.45, 2.75) is 32.9 Å². The van der Waals surface area contributed by atoms with Crippen LogP contribution in [-0.2, 0) is 6.54 Å². The number of fused-ring (bicyclic) bond motifs is 1. The predicted octanol–water partition coefficient (Wildman–Crippen LogP) is 2.05. The third-order valence-electron chi connectivity index (χ3n) is 3.67. The van der Waals surface area contributed by atoms with Crippen LogP contribution in [0.5, 0.6) is 0 Å². The van der Waals surface area contributed by atoms with Crippen LogP contribution in [0.4, 0.5) is 0 Å². The lowest BCUT2D eigenvalue weighted by Crippen LogP contribution is -2.35. The Labute approximate surface area is 113 Å². The minimum Gasteiger partial charge on any atom is -0.305 e. The number of benzene rings is 1. The van der Waals surface area contributed by atoms with Gasteiger partial charge >= 0.3 is 0 Å². The zero-order valence-electron chi connectivity index (χ0n) is 12.1. The zero-order valence-corrected chi connectivity index (χ0v) is 12.1. The maximum atomic E-state index is 12.5. The Balaban J connectivity index is 2.49. The summed E-state index contributed by atoms with van der Waals surface area (Å²) in [4.78, 5) is 19.1. The summed E-state index contributed by atoms with van der Waals surface area (Å²) in [5.74, 6) is 0. The molecule has 0 aliphatic heterocycles. The molecule has 0 aliphatic carbocycles. The highest BCUT2D eigenvalue weighted by Gasteiger charge is 2.12. The Hall–Kier alpha value is -1.68. The van der Waals surface area contributed by atoms with Crippen molar-refractivity contribution < 1.29 is 0 Å². The van der Waals surface area contributed by atoms with E-state index in [4.69, 9.17) is 0 Å². The van der Waals surface area contributed by atoms with Gasteiger partial charge in [0, 0.05) is 12.6 Å². The minimum absolute atomic E-state index is 0.0587. The van der Waals surface area contributed by atoms with Crippen molar-refractivity contribution in [1.82, 2.24) is 14.5 Å². The molecule has 1 heterocycles. The Bertz CT molecular complexity index is 631. The lowest BCUT2D eigenvalue weighted by atomic mass is 10.1.